The van der Waals surface area contributed by atoms with Gasteiger partial charge in [-0.3, -0.25) is 0 Å². The Kier molecular flexibility index (Phi) is 4.54. The first-order chi connectivity index (χ1) is 11.1. The molecule has 6 heteroatoms. The van der Waals surface area contributed by atoms with Gasteiger partial charge in [0.25, 0.3) is 0 Å². The number of nitrogens with one attached hydrogen (secondary N) is 1. The van der Waals surface area contributed by atoms with Gasteiger partial charge in [0.2, 0.25) is 0 Å². The summed E-state index contributed by atoms with van der Waals surface area (Å²) in [6, 6.07) is 4.88. The highest BCUT2D eigenvalue weighted by molar-refractivity contribution is 6.04. The van der Waals surface area contributed by atoms with Crippen molar-refractivity contribution < 1.29 is 23.8 Å². The summed E-state index contributed by atoms with van der Waals surface area (Å²) in [5, 5.41) is 13.2. The molecule has 0 aliphatic carbocycles. The first-order valence-corrected chi connectivity index (χ1v) is 7.80. The fourth-order valence-electron chi connectivity index (χ4n) is 2.95. The van der Waals surface area contributed by atoms with E-state index in [1.807, 2.05) is 6.92 Å². The Morgan fingerprint density at radius 3 is 2.78 bits per heavy atom. The lowest BCUT2D eigenvalue weighted by atomic mass is 10.1. The van der Waals surface area contributed by atoms with Crippen LogP contribution in [0, 0.1) is 0 Å². The quantitative estimate of drug-likeness (QED) is 0.882. The van der Waals surface area contributed by atoms with Crippen LogP contribution in [0.1, 0.15) is 42.0 Å². The molecule has 2 N–H and O–H groups in total. The van der Waals surface area contributed by atoms with Crippen LogP contribution in [0.4, 0.5) is 0 Å². The topological polar surface area (TPSA) is 80.9 Å². The van der Waals surface area contributed by atoms with Crippen molar-refractivity contribution >= 4 is 16.9 Å². The van der Waals surface area contributed by atoms with E-state index in [-0.39, 0.29) is 17.8 Å². The van der Waals surface area contributed by atoms with E-state index < -0.39 is 5.97 Å². The van der Waals surface area contributed by atoms with E-state index in [1.54, 1.807) is 12.1 Å². The van der Waals surface area contributed by atoms with Crippen molar-refractivity contribution in [2.24, 2.45) is 0 Å². The molecule has 2 aromatic rings. The van der Waals surface area contributed by atoms with Crippen LogP contribution in [0.25, 0.3) is 11.0 Å². The minimum Gasteiger partial charge on any atom is -0.493 e. The number of carbonyl (C=O) groups is 1. The maximum Gasteiger partial charge on any atom is 0.336 e. The van der Waals surface area contributed by atoms with Crippen LogP contribution < -0.4 is 10.1 Å². The van der Waals surface area contributed by atoms with Gasteiger partial charge in [-0.15, -0.1) is 0 Å². The number of ether oxygens (including phenoxy) is 2. The van der Waals surface area contributed by atoms with Crippen molar-refractivity contribution in [3.8, 4) is 5.75 Å². The first-order valence-electron chi connectivity index (χ1n) is 7.80. The van der Waals surface area contributed by atoms with E-state index in [0.717, 1.165) is 25.9 Å². The van der Waals surface area contributed by atoms with Crippen LogP contribution in [0.15, 0.2) is 22.6 Å². The number of aromatic carboxylic acids is 1. The predicted molar refractivity (Wildman–Crippen MR) is 85.1 cm³/mol. The molecule has 1 unspecified atom stereocenters. The van der Waals surface area contributed by atoms with Crippen molar-refractivity contribution in [1.82, 2.24) is 5.32 Å². The van der Waals surface area contributed by atoms with Crippen LogP contribution in [0.2, 0.25) is 0 Å². The molecule has 0 spiro atoms. The van der Waals surface area contributed by atoms with Crippen LogP contribution in [-0.2, 0) is 4.74 Å². The molecule has 1 aromatic carbocycles. The fourth-order valence-corrected chi connectivity index (χ4v) is 2.95. The van der Waals surface area contributed by atoms with Gasteiger partial charge in [-0.1, -0.05) is 0 Å². The second-order valence-electron chi connectivity index (χ2n) is 5.74. The lowest BCUT2D eigenvalue weighted by molar-refractivity contribution is -0.0274. The Morgan fingerprint density at radius 1 is 1.39 bits per heavy atom. The second kappa shape index (κ2) is 6.60. The Bertz CT molecular complexity index is 702. The molecule has 124 valence electrons. The molecule has 1 fully saturated rings. The lowest BCUT2D eigenvalue weighted by Crippen LogP contribution is -2.32. The predicted octanol–water partition coefficient (Wildman–Crippen LogP) is 2.97. The first kappa shape index (κ1) is 15.8. The van der Waals surface area contributed by atoms with Gasteiger partial charge in [0, 0.05) is 5.39 Å². The third-order valence-electron chi connectivity index (χ3n) is 4.20. The number of hydrogen-bond acceptors (Lipinski definition) is 5. The standard InChI is InChI=1S/C17H21NO5/c1-10(22-11-5-7-18-8-6-11)15-9-13-12(17(19)20)3-4-14(21-2)16(13)23-15/h3-4,9-11,18H,5-8H2,1-2H3,(H,19,20). The third kappa shape index (κ3) is 3.18. The molecule has 2 heterocycles. The summed E-state index contributed by atoms with van der Waals surface area (Å²) in [5.41, 5.74) is 0.646. The maximum atomic E-state index is 11.4. The number of benzene rings is 1. The van der Waals surface area contributed by atoms with Gasteiger partial charge in [-0.05, 0) is 51.1 Å². The monoisotopic (exact) mass is 319 g/mol. The lowest BCUT2D eigenvalue weighted by Gasteiger charge is -2.25. The number of carboxylic acids is 1. The van der Waals surface area contributed by atoms with Gasteiger partial charge in [0.15, 0.2) is 11.3 Å². The molecule has 6 nitrogen and oxygen atoms in total. The van der Waals surface area contributed by atoms with E-state index in [9.17, 15) is 9.90 Å². The zero-order valence-electron chi connectivity index (χ0n) is 13.3. The van der Waals surface area contributed by atoms with Gasteiger partial charge < -0.3 is 24.3 Å². The van der Waals surface area contributed by atoms with E-state index >= 15 is 0 Å². The Labute approximate surface area is 134 Å². The molecule has 1 atom stereocenters. The van der Waals surface area contributed by atoms with E-state index in [2.05, 4.69) is 5.32 Å². The summed E-state index contributed by atoms with van der Waals surface area (Å²) in [6.07, 6.45) is 1.89. The Balaban J connectivity index is 1.91. The summed E-state index contributed by atoms with van der Waals surface area (Å²) in [4.78, 5) is 11.4. The zero-order valence-corrected chi connectivity index (χ0v) is 13.3. The molecule has 23 heavy (non-hydrogen) atoms. The smallest absolute Gasteiger partial charge is 0.336 e. The number of methoxy groups -OCH3 is 1. The zero-order chi connectivity index (χ0) is 16.4. The molecule has 1 aromatic heterocycles. The largest absolute Gasteiger partial charge is 0.493 e. The highest BCUT2D eigenvalue weighted by Gasteiger charge is 2.22. The molecule has 3 rings (SSSR count). The van der Waals surface area contributed by atoms with Crippen LogP contribution in [-0.4, -0.2) is 37.4 Å². The molecular formula is C17H21NO5. The van der Waals surface area contributed by atoms with Crippen LogP contribution in [0.5, 0.6) is 5.75 Å². The van der Waals surface area contributed by atoms with Crippen LogP contribution >= 0.6 is 0 Å². The number of rotatable bonds is 5. The number of piperidine rings is 1. The normalized spacial score (nSPS) is 17.3. The second-order valence-corrected chi connectivity index (χ2v) is 5.74. The van der Waals surface area contributed by atoms with Gasteiger partial charge in [-0.2, -0.15) is 0 Å². The van der Waals surface area contributed by atoms with Gasteiger partial charge in [0.05, 0.1) is 18.8 Å². The number of carboxylic acid groups (broad SMARTS) is 1. The summed E-state index contributed by atoms with van der Waals surface area (Å²) in [6.45, 7) is 3.83. The Morgan fingerprint density at radius 2 is 2.13 bits per heavy atom. The molecular weight excluding hydrogens is 298 g/mol. The molecule has 0 amide bonds. The summed E-state index contributed by atoms with van der Waals surface area (Å²) >= 11 is 0. The minimum absolute atomic E-state index is 0.195. The highest BCUT2D eigenvalue weighted by Crippen LogP contribution is 2.35. The van der Waals surface area contributed by atoms with E-state index in [4.69, 9.17) is 13.9 Å². The van der Waals surface area contributed by atoms with Gasteiger partial charge in [0.1, 0.15) is 11.9 Å². The maximum absolute atomic E-state index is 11.4. The van der Waals surface area contributed by atoms with Crippen molar-refractivity contribution in [2.45, 2.75) is 32.0 Å². The molecule has 1 saturated heterocycles. The summed E-state index contributed by atoms with van der Waals surface area (Å²) in [5.74, 6) is 0.146. The Hall–Kier alpha value is -2.05. The molecule has 1 aliphatic rings. The molecule has 1 aliphatic heterocycles. The average Bonchev–Trinajstić information content (AvgIpc) is 3.00. The third-order valence-corrected chi connectivity index (χ3v) is 4.20. The van der Waals surface area contributed by atoms with Crippen molar-refractivity contribution in [3.63, 3.8) is 0 Å². The molecule has 0 saturated carbocycles. The van der Waals surface area contributed by atoms with Crippen molar-refractivity contribution in [2.75, 3.05) is 20.2 Å². The van der Waals surface area contributed by atoms with Crippen LogP contribution in [0.3, 0.4) is 0 Å². The summed E-state index contributed by atoms with van der Waals surface area (Å²) < 4.78 is 17.2. The number of fused-ring (bicyclic) bond motifs is 1. The number of hydrogen-bond donors (Lipinski definition) is 2. The van der Waals surface area contributed by atoms with Gasteiger partial charge in [-0.25, -0.2) is 4.79 Å². The number of furan rings is 1. The average molecular weight is 319 g/mol. The van der Waals surface area contributed by atoms with Crippen molar-refractivity contribution in [1.29, 1.82) is 0 Å². The minimum atomic E-state index is -0.989. The van der Waals surface area contributed by atoms with Gasteiger partial charge >= 0.3 is 5.97 Å². The molecule has 0 bridgehead atoms. The SMILES string of the molecule is COc1ccc(C(=O)O)c2cc(C(C)OC3CCNCC3)oc12. The fraction of sp³-hybridized carbons (Fsp3) is 0.471. The summed E-state index contributed by atoms with van der Waals surface area (Å²) in [7, 11) is 1.53. The van der Waals surface area contributed by atoms with E-state index in [0.29, 0.717) is 22.5 Å². The highest BCUT2D eigenvalue weighted by atomic mass is 16.5. The van der Waals surface area contributed by atoms with E-state index in [1.165, 1.54) is 13.2 Å². The molecule has 0 radical (unpaired) electrons. The van der Waals surface area contributed by atoms with Crippen molar-refractivity contribution in [3.05, 3.63) is 29.5 Å².